The van der Waals surface area contributed by atoms with Crippen LogP contribution in [0.2, 0.25) is 0 Å². The quantitative estimate of drug-likeness (QED) is 0.455. The molecule has 0 fully saturated rings. The minimum absolute atomic E-state index is 0.869. The lowest BCUT2D eigenvalue weighted by atomic mass is 10.1. The lowest BCUT2D eigenvalue weighted by Gasteiger charge is -1.91. The van der Waals surface area contributed by atoms with Gasteiger partial charge in [-0.2, -0.15) is 0 Å². The van der Waals surface area contributed by atoms with Crippen LogP contribution in [-0.2, 0) is 0 Å². The van der Waals surface area contributed by atoms with Crippen molar-refractivity contribution in [2.45, 2.75) is 27.2 Å². The highest BCUT2D eigenvalue weighted by Gasteiger charge is 1.87. The summed E-state index contributed by atoms with van der Waals surface area (Å²) in [6, 6.07) is 0. The van der Waals surface area contributed by atoms with E-state index in [0.29, 0.717) is 0 Å². The summed E-state index contributed by atoms with van der Waals surface area (Å²) in [7, 11) is 0. The molecule has 0 aliphatic rings. The standard InChI is InChI=1S/C14H16/c1-5-9-11-14(8-4)12-13(7-3)10-6-2/h7-8,12H,3,5H2,1-2,4H3/b13-12+,14-8-. The summed E-state index contributed by atoms with van der Waals surface area (Å²) in [6.45, 7) is 9.51. The van der Waals surface area contributed by atoms with E-state index in [0.717, 1.165) is 17.6 Å². The van der Waals surface area contributed by atoms with Crippen LogP contribution in [-0.4, -0.2) is 0 Å². The first-order valence-corrected chi connectivity index (χ1v) is 4.70. The highest BCUT2D eigenvalue weighted by atomic mass is 13.9. The minimum atomic E-state index is 0.869. The molecule has 0 N–H and O–H groups in total. The molecule has 0 rings (SSSR count). The molecule has 0 radical (unpaired) electrons. The topological polar surface area (TPSA) is 0 Å². The molecule has 0 aliphatic carbocycles. The molecule has 0 nitrogen and oxygen atoms in total. The molecule has 0 aromatic carbocycles. The van der Waals surface area contributed by atoms with Crippen molar-refractivity contribution in [3.05, 3.63) is 36.0 Å². The van der Waals surface area contributed by atoms with Gasteiger partial charge in [0.15, 0.2) is 0 Å². The van der Waals surface area contributed by atoms with Crippen LogP contribution >= 0.6 is 0 Å². The molecule has 0 aromatic heterocycles. The third-order valence-electron chi connectivity index (χ3n) is 1.52. The fraction of sp³-hybridized carbons (Fsp3) is 0.286. The van der Waals surface area contributed by atoms with Crippen LogP contribution in [0.4, 0.5) is 0 Å². The number of hydrogen-bond acceptors (Lipinski definition) is 0. The molecule has 0 atom stereocenters. The highest BCUT2D eigenvalue weighted by molar-refractivity contribution is 5.48. The Morgan fingerprint density at radius 2 is 2.00 bits per heavy atom. The summed E-state index contributed by atoms with van der Waals surface area (Å²) in [5, 5.41) is 0. The second-order valence-corrected chi connectivity index (χ2v) is 2.58. The number of rotatable bonds is 2. The van der Waals surface area contributed by atoms with E-state index >= 15 is 0 Å². The van der Waals surface area contributed by atoms with Gasteiger partial charge in [-0.15, -0.1) is 5.92 Å². The highest BCUT2D eigenvalue weighted by Crippen LogP contribution is 2.02. The van der Waals surface area contributed by atoms with Gasteiger partial charge >= 0.3 is 0 Å². The predicted octanol–water partition coefficient (Wildman–Crippen LogP) is 3.48. The predicted molar refractivity (Wildman–Crippen MR) is 63.6 cm³/mol. The molecule has 72 valence electrons. The maximum absolute atomic E-state index is 3.70. The molecule has 0 saturated heterocycles. The Bertz CT molecular complexity index is 356. The minimum Gasteiger partial charge on any atom is -0.101 e. The van der Waals surface area contributed by atoms with E-state index < -0.39 is 0 Å². The van der Waals surface area contributed by atoms with Gasteiger partial charge in [-0.3, -0.25) is 0 Å². The van der Waals surface area contributed by atoms with Gasteiger partial charge in [0.25, 0.3) is 0 Å². The van der Waals surface area contributed by atoms with Crippen LogP contribution in [0.3, 0.4) is 0 Å². The maximum atomic E-state index is 3.70. The summed E-state index contributed by atoms with van der Waals surface area (Å²) in [5.74, 6) is 11.9. The fourth-order valence-electron chi connectivity index (χ4n) is 0.840. The van der Waals surface area contributed by atoms with Gasteiger partial charge in [-0.05, 0) is 19.9 Å². The smallest absolute Gasteiger partial charge is 0.0251 e. The van der Waals surface area contributed by atoms with Crippen molar-refractivity contribution in [1.82, 2.24) is 0 Å². The summed E-state index contributed by atoms with van der Waals surface area (Å²) in [5.41, 5.74) is 1.90. The molecule has 0 saturated carbocycles. The zero-order valence-electron chi connectivity index (χ0n) is 9.15. The van der Waals surface area contributed by atoms with Crippen molar-refractivity contribution < 1.29 is 0 Å². The Hall–Kier alpha value is -1.66. The summed E-state index contributed by atoms with van der Waals surface area (Å²) in [6.07, 6.45) is 6.54. The van der Waals surface area contributed by atoms with Crippen molar-refractivity contribution in [3.8, 4) is 23.7 Å². The number of allylic oxidation sites excluding steroid dienone is 5. The zero-order valence-corrected chi connectivity index (χ0v) is 9.15. The molecule has 0 aliphatic heterocycles. The van der Waals surface area contributed by atoms with Gasteiger partial charge in [0.1, 0.15) is 0 Å². The SMILES string of the molecule is C=C/C(C#CC)=C\C(C#CCC)=C/C. The van der Waals surface area contributed by atoms with Crippen LogP contribution in [0.5, 0.6) is 0 Å². The first kappa shape index (κ1) is 12.3. The Morgan fingerprint density at radius 1 is 1.29 bits per heavy atom. The first-order valence-electron chi connectivity index (χ1n) is 4.70. The molecule has 0 spiro atoms. The van der Waals surface area contributed by atoms with E-state index in [1.165, 1.54) is 0 Å². The monoisotopic (exact) mass is 184 g/mol. The Morgan fingerprint density at radius 3 is 2.43 bits per heavy atom. The maximum Gasteiger partial charge on any atom is 0.0251 e. The molecule has 14 heavy (non-hydrogen) atoms. The molecule has 0 amide bonds. The van der Waals surface area contributed by atoms with E-state index in [4.69, 9.17) is 0 Å². The van der Waals surface area contributed by atoms with Crippen molar-refractivity contribution >= 4 is 0 Å². The lowest BCUT2D eigenvalue weighted by Crippen LogP contribution is -1.76. The third-order valence-corrected chi connectivity index (χ3v) is 1.52. The molecule has 0 aromatic rings. The largest absolute Gasteiger partial charge is 0.101 e. The average molecular weight is 184 g/mol. The van der Waals surface area contributed by atoms with Crippen molar-refractivity contribution in [1.29, 1.82) is 0 Å². The van der Waals surface area contributed by atoms with Crippen molar-refractivity contribution in [2.24, 2.45) is 0 Å². The van der Waals surface area contributed by atoms with Gasteiger partial charge in [0.05, 0.1) is 0 Å². The van der Waals surface area contributed by atoms with Crippen LogP contribution in [0.25, 0.3) is 0 Å². The Balaban J connectivity index is 4.87. The number of hydrogen-bond donors (Lipinski definition) is 0. The van der Waals surface area contributed by atoms with Gasteiger partial charge in [-0.25, -0.2) is 0 Å². The zero-order chi connectivity index (χ0) is 10.8. The van der Waals surface area contributed by atoms with Gasteiger partial charge in [0.2, 0.25) is 0 Å². The Labute approximate surface area is 87.4 Å². The van der Waals surface area contributed by atoms with Gasteiger partial charge in [-0.1, -0.05) is 43.4 Å². The van der Waals surface area contributed by atoms with Crippen LogP contribution in [0, 0.1) is 23.7 Å². The summed E-state index contributed by atoms with van der Waals surface area (Å²) >= 11 is 0. The lowest BCUT2D eigenvalue weighted by molar-refractivity contribution is 1.28. The third kappa shape index (κ3) is 5.07. The average Bonchev–Trinajstić information content (AvgIpc) is 2.22. The second-order valence-electron chi connectivity index (χ2n) is 2.58. The van der Waals surface area contributed by atoms with E-state index in [2.05, 4.69) is 30.3 Å². The van der Waals surface area contributed by atoms with Gasteiger partial charge < -0.3 is 0 Å². The van der Waals surface area contributed by atoms with E-state index in [-0.39, 0.29) is 0 Å². The molecule has 0 unspecified atom stereocenters. The van der Waals surface area contributed by atoms with E-state index in [1.807, 2.05) is 32.9 Å². The van der Waals surface area contributed by atoms with Crippen molar-refractivity contribution in [2.75, 3.05) is 0 Å². The molecule has 0 bridgehead atoms. The van der Waals surface area contributed by atoms with Crippen LogP contribution < -0.4 is 0 Å². The molecular formula is C14H16. The van der Waals surface area contributed by atoms with E-state index in [9.17, 15) is 0 Å². The van der Waals surface area contributed by atoms with Crippen LogP contribution in [0.1, 0.15) is 27.2 Å². The molecule has 0 heterocycles. The van der Waals surface area contributed by atoms with Gasteiger partial charge in [0, 0.05) is 17.6 Å². The Kier molecular flexibility index (Phi) is 7.02. The van der Waals surface area contributed by atoms with Crippen LogP contribution in [0.15, 0.2) is 36.0 Å². The summed E-state index contributed by atoms with van der Waals surface area (Å²) < 4.78 is 0. The second kappa shape index (κ2) is 7.96. The normalized spacial score (nSPS) is 10.8. The summed E-state index contributed by atoms with van der Waals surface area (Å²) in [4.78, 5) is 0. The molecular weight excluding hydrogens is 168 g/mol. The first-order chi connectivity index (χ1) is 6.78. The fourth-order valence-corrected chi connectivity index (χ4v) is 0.840. The van der Waals surface area contributed by atoms with Crippen molar-refractivity contribution in [3.63, 3.8) is 0 Å². The van der Waals surface area contributed by atoms with E-state index in [1.54, 1.807) is 6.08 Å². The molecule has 0 heteroatoms.